The molecule has 3 aliphatic rings. The summed E-state index contributed by atoms with van der Waals surface area (Å²) in [6.07, 6.45) is 9.93. The molecule has 0 radical (unpaired) electrons. The van der Waals surface area contributed by atoms with Crippen LogP contribution in [0.15, 0.2) is 0 Å². The van der Waals surface area contributed by atoms with Gasteiger partial charge in [0.2, 0.25) is 5.91 Å². The van der Waals surface area contributed by atoms with Gasteiger partial charge in [0.15, 0.2) is 0 Å². The summed E-state index contributed by atoms with van der Waals surface area (Å²) in [5.41, 5.74) is 0. The van der Waals surface area contributed by atoms with Crippen molar-refractivity contribution in [1.29, 1.82) is 0 Å². The van der Waals surface area contributed by atoms with E-state index in [0.29, 0.717) is 5.91 Å². The van der Waals surface area contributed by atoms with E-state index in [2.05, 4.69) is 26.6 Å². The van der Waals surface area contributed by atoms with Crippen molar-refractivity contribution in [1.82, 2.24) is 19.6 Å². The van der Waals surface area contributed by atoms with Crippen LogP contribution in [0.4, 0.5) is 0 Å². The molecular weight excluding hydrogens is 312 g/mol. The van der Waals surface area contributed by atoms with Crippen molar-refractivity contribution < 1.29 is 4.79 Å². The Labute approximate surface area is 154 Å². The molecule has 0 aromatic rings. The third-order valence-electron chi connectivity index (χ3n) is 6.47. The van der Waals surface area contributed by atoms with Gasteiger partial charge in [-0.3, -0.25) is 9.69 Å². The molecule has 144 valence electrons. The fourth-order valence-corrected chi connectivity index (χ4v) is 4.62. The molecule has 1 amide bonds. The third-order valence-corrected chi connectivity index (χ3v) is 6.47. The van der Waals surface area contributed by atoms with Crippen LogP contribution >= 0.6 is 0 Å². The summed E-state index contributed by atoms with van der Waals surface area (Å²) in [6, 6.07) is 0.801. The molecule has 2 aliphatic heterocycles. The number of carbonyl (C=O) groups is 1. The number of carbonyl (C=O) groups excluding carboxylic acids is 1. The lowest BCUT2D eigenvalue weighted by atomic mass is 9.94. The number of piperazine rings is 2. The molecule has 0 N–H and O–H groups in total. The number of hydrogen-bond donors (Lipinski definition) is 0. The first-order valence-corrected chi connectivity index (χ1v) is 10.6. The molecule has 1 aliphatic carbocycles. The first kappa shape index (κ1) is 19.1. The molecule has 0 aromatic heterocycles. The largest absolute Gasteiger partial charge is 0.340 e. The van der Waals surface area contributed by atoms with Crippen LogP contribution in [0.1, 0.15) is 51.4 Å². The molecule has 0 unspecified atom stereocenters. The molecule has 1 saturated carbocycles. The molecule has 0 atom stereocenters. The van der Waals surface area contributed by atoms with Crippen molar-refractivity contribution in [3.8, 4) is 0 Å². The maximum atomic E-state index is 12.5. The minimum atomic E-state index is 0.390. The van der Waals surface area contributed by atoms with E-state index in [1.165, 1.54) is 58.3 Å². The van der Waals surface area contributed by atoms with Gasteiger partial charge in [-0.1, -0.05) is 19.3 Å². The first-order valence-electron chi connectivity index (χ1n) is 10.6. The summed E-state index contributed by atoms with van der Waals surface area (Å²) in [5.74, 6) is 0.390. The van der Waals surface area contributed by atoms with Gasteiger partial charge < -0.3 is 14.7 Å². The van der Waals surface area contributed by atoms with Crippen molar-refractivity contribution in [2.24, 2.45) is 0 Å². The molecule has 25 heavy (non-hydrogen) atoms. The SMILES string of the molecule is CN1CCN(CCCCC(=O)N2CCN(C3CCCCC3)CC2)CC1. The van der Waals surface area contributed by atoms with E-state index in [1.54, 1.807) is 0 Å². The Morgan fingerprint density at radius 2 is 1.52 bits per heavy atom. The molecular formula is C20H38N4O. The van der Waals surface area contributed by atoms with Crippen LogP contribution in [-0.4, -0.2) is 97.5 Å². The second-order valence-corrected chi connectivity index (χ2v) is 8.31. The summed E-state index contributed by atoms with van der Waals surface area (Å²) in [6.45, 7) is 10.0. The molecule has 3 rings (SSSR count). The zero-order valence-electron chi connectivity index (χ0n) is 16.3. The fraction of sp³-hybridized carbons (Fsp3) is 0.950. The summed E-state index contributed by atoms with van der Waals surface area (Å²) in [7, 11) is 2.20. The van der Waals surface area contributed by atoms with Gasteiger partial charge in [-0.2, -0.15) is 0 Å². The molecule has 3 fully saturated rings. The van der Waals surface area contributed by atoms with Gasteiger partial charge in [-0.15, -0.1) is 0 Å². The van der Waals surface area contributed by atoms with Crippen LogP contribution in [-0.2, 0) is 4.79 Å². The number of unbranched alkanes of at least 4 members (excludes halogenated alkanes) is 1. The first-order chi connectivity index (χ1) is 12.2. The van der Waals surface area contributed by atoms with Gasteiger partial charge in [0.05, 0.1) is 0 Å². The molecule has 0 bridgehead atoms. The molecule has 2 saturated heterocycles. The van der Waals surface area contributed by atoms with Crippen molar-refractivity contribution in [2.45, 2.75) is 57.4 Å². The smallest absolute Gasteiger partial charge is 0.222 e. The fourth-order valence-electron chi connectivity index (χ4n) is 4.62. The van der Waals surface area contributed by atoms with Gasteiger partial charge in [-0.05, 0) is 39.3 Å². The minimum Gasteiger partial charge on any atom is -0.340 e. The molecule has 5 nitrogen and oxygen atoms in total. The maximum absolute atomic E-state index is 12.5. The standard InChI is InChI=1S/C20H38N4O/c1-21-11-13-22(14-12-21)10-6-5-9-20(25)24-17-15-23(16-18-24)19-7-3-2-4-8-19/h19H,2-18H2,1H3. The summed E-state index contributed by atoms with van der Waals surface area (Å²) >= 11 is 0. The highest BCUT2D eigenvalue weighted by atomic mass is 16.2. The topological polar surface area (TPSA) is 30.0 Å². The van der Waals surface area contributed by atoms with Crippen molar-refractivity contribution in [2.75, 3.05) is 66.0 Å². The predicted octanol–water partition coefficient (Wildman–Crippen LogP) is 1.88. The lowest BCUT2D eigenvalue weighted by Gasteiger charge is -2.40. The Balaban J connectivity index is 1.26. The quantitative estimate of drug-likeness (QED) is 0.684. The lowest BCUT2D eigenvalue weighted by Crippen LogP contribution is -2.52. The van der Waals surface area contributed by atoms with Gasteiger partial charge in [0, 0.05) is 64.8 Å². The summed E-state index contributed by atoms with van der Waals surface area (Å²) in [5, 5.41) is 0. The number of likely N-dealkylation sites (N-methyl/N-ethyl adjacent to an activating group) is 1. The Morgan fingerprint density at radius 1 is 0.840 bits per heavy atom. The Morgan fingerprint density at radius 3 is 2.20 bits per heavy atom. The molecule has 0 aromatic carbocycles. The normalized spacial score (nSPS) is 25.4. The monoisotopic (exact) mass is 350 g/mol. The van der Waals surface area contributed by atoms with Crippen LogP contribution in [0.25, 0.3) is 0 Å². The second kappa shape index (κ2) is 9.89. The molecule has 5 heteroatoms. The van der Waals surface area contributed by atoms with Crippen LogP contribution in [0, 0.1) is 0 Å². The predicted molar refractivity (Wildman–Crippen MR) is 103 cm³/mol. The highest BCUT2D eigenvalue weighted by Gasteiger charge is 2.26. The van der Waals surface area contributed by atoms with E-state index in [9.17, 15) is 4.79 Å². The van der Waals surface area contributed by atoms with Crippen LogP contribution < -0.4 is 0 Å². The van der Waals surface area contributed by atoms with Gasteiger partial charge in [0.25, 0.3) is 0 Å². The van der Waals surface area contributed by atoms with E-state index < -0.39 is 0 Å². The van der Waals surface area contributed by atoms with E-state index in [0.717, 1.165) is 58.0 Å². The van der Waals surface area contributed by atoms with E-state index in [1.807, 2.05) is 0 Å². The Bertz CT molecular complexity index is 395. The van der Waals surface area contributed by atoms with Gasteiger partial charge in [-0.25, -0.2) is 0 Å². The van der Waals surface area contributed by atoms with Gasteiger partial charge >= 0.3 is 0 Å². The summed E-state index contributed by atoms with van der Waals surface area (Å²) in [4.78, 5) is 22.2. The summed E-state index contributed by atoms with van der Waals surface area (Å²) < 4.78 is 0. The lowest BCUT2D eigenvalue weighted by molar-refractivity contribution is -0.133. The van der Waals surface area contributed by atoms with Crippen LogP contribution in [0.5, 0.6) is 0 Å². The third kappa shape index (κ3) is 5.93. The zero-order valence-corrected chi connectivity index (χ0v) is 16.3. The van der Waals surface area contributed by atoms with Crippen LogP contribution in [0.3, 0.4) is 0 Å². The van der Waals surface area contributed by atoms with Gasteiger partial charge in [0.1, 0.15) is 0 Å². The number of hydrogen-bond acceptors (Lipinski definition) is 4. The second-order valence-electron chi connectivity index (χ2n) is 8.31. The highest BCUT2D eigenvalue weighted by Crippen LogP contribution is 2.23. The number of rotatable bonds is 6. The zero-order chi connectivity index (χ0) is 17.5. The van der Waals surface area contributed by atoms with E-state index in [-0.39, 0.29) is 0 Å². The van der Waals surface area contributed by atoms with E-state index in [4.69, 9.17) is 0 Å². The van der Waals surface area contributed by atoms with Crippen LogP contribution in [0.2, 0.25) is 0 Å². The highest BCUT2D eigenvalue weighted by molar-refractivity contribution is 5.76. The Kier molecular flexibility index (Phi) is 7.56. The average Bonchev–Trinajstić information content (AvgIpc) is 2.67. The Hall–Kier alpha value is -0.650. The molecule has 0 spiro atoms. The molecule has 2 heterocycles. The van der Waals surface area contributed by atoms with Crippen molar-refractivity contribution in [3.63, 3.8) is 0 Å². The number of nitrogens with zero attached hydrogens (tertiary/aromatic N) is 4. The minimum absolute atomic E-state index is 0.390. The maximum Gasteiger partial charge on any atom is 0.222 e. The van der Waals surface area contributed by atoms with Crippen molar-refractivity contribution in [3.05, 3.63) is 0 Å². The average molecular weight is 351 g/mol. The van der Waals surface area contributed by atoms with E-state index >= 15 is 0 Å². The van der Waals surface area contributed by atoms with Crippen molar-refractivity contribution >= 4 is 5.91 Å². The number of amides is 1.